The van der Waals surface area contributed by atoms with Crippen molar-refractivity contribution in [3.8, 4) is 0 Å². The lowest BCUT2D eigenvalue weighted by Crippen LogP contribution is -2.37. The summed E-state index contributed by atoms with van der Waals surface area (Å²) in [5, 5.41) is 9.90. The second kappa shape index (κ2) is 2.01. The molecule has 0 saturated heterocycles. The van der Waals surface area contributed by atoms with Gasteiger partial charge in [-0.05, 0) is 24.7 Å². The number of hydrogen-bond donors (Lipinski definition) is 1. The maximum Gasteiger partial charge on any atom is 0.0616 e. The maximum atomic E-state index is 9.90. The van der Waals surface area contributed by atoms with Gasteiger partial charge in [-0.25, -0.2) is 0 Å². The van der Waals surface area contributed by atoms with Crippen LogP contribution >= 0.6 is 11.6 Å². The van der Waals surface area contributed by atoms with Gasteiger partial charge in [-0.2, -0.15) is 0 Å². The highest BCUT2D eigenvalue weighted by Crippen LogP contribution is 2.70. The number of fused-ring (bicyclic) bond motifs is 2. The third-order valence-electron chi connectivity index (χ3n) is 4.84. The minimum absolute atomic E-state index is 0.0503. The highest BCUT2D eigenvalue weighted by atomic mass is 35.5. The lowest BCUT2D eigenvalue weighted by Gasteiger charge is -2.38. The largest absolute Gasteiger partial charge is 0.392 e. The molecule has 2 rings (SSSR count). The summed E-state index contributed by atoms with van der Waals surface area (Å²) in [7, 11) is 0. The van der Waals surface area contributed by atoms with Crippen LogP contribution in [0.5, 0.6) is 0 Å². The second-order valence-corrected chi connectivity index (χ2v) is 5.95. The van der Waals surface area contributed by atoms with Crippen LogP contribution in [0.15, 0.2) is 0 Å². The quantitative estimate of drug-likeness (QED) is 0.580. The average molecular weight is 189 g/mol. The molecule has 2 aliphatic rings. The van der Waals surface area contributed by atoms with Crippen molar-refractivity contribution in [3.63, 3.8) is 0 Å². The van der Waals surface area contributed by atoms with Gasteiger partial charge in [-0.15, -0.1) is 11.6 Å². The molecule has 0 radical (unpaired) electrons. The fourth-order valence-electron chi connectivity index (χ4n) is 3.07. The van der Waals surface area contributed by atoms with Gasteiger partial charge in [-0.1, -0.05) is 20.8 Å². The molecule has 3 atom stereocenters. The van der Waals surface area contributed by atoms with Crippen molar-refractivity contribution in [1.82, 2.24) is 0 Å². The molecule has 0 spiro atoms. The van der Waals surface area contributed by atoms with E-state index >= 15 is 0 Å². The molecule has 0 aromatic rings. The van der Waals surface area contributed by atoms with Crippen LogP contribution in [-0.2, 0) is 0 Å². The summed E-state index contributed by atoms with van der Waals surface area (Å²) in [4.78, 5) is -0.138. The standard InChI is InChI=1S/C10H17ClO/c1-8(2)9(3)4-5-10(8,11)6-7(9)12/h7,12H,4-6H2,1-3H3/t7-,9-,10+/m0/s1. The van der Waals surface area contributed by atoms with E-state index in [0.29, 0.717) is 0 Å². The van der Waals surface area contributed by atoms with Crippen molar-refractivity contribution < 1.29 is 5.11 Å². The number of aliphatic hydroxyl groups excluding tert-OH is 1. The van der Waals surface area contributed by atoms with Crippen LogP contribution in [0.25, 0.3) is 0 Å². The summed E-state index contributed by atoms with van der Waals surface area (Å²) >= 11 is 6.51. The molecule has 2 aliphatic carbocycles. The SMILES string of the molecule is CC1(C)[C@@]2(Cl)CC[C@@]1(C)[C@@H](O)C2. The predicted molar refractivity (Wildman–Crippen MR) is 50.3 cm³/mol. The van der Waals surface area contributed by atoms with Crippen LogP contribution in [0, 0.1) is 10.8 Å². The van der Waals surface area contributed by atoms with Gasteiger partial charge in [0.2, 0.25) is 0 Å². The molecule has 0 amide bonds. The summed E-state index contributed by atoms with van der Waals surface area (Å²) in [5.41, 5.74) is 0.135. The molecule has 0 aliphatic heterocycles. The Hall–Kier alpha value is 0.250. The van der Waals surface area contributed by atoms with Crippen molar-refractivity contribution in [2.45, 2.75) is 51.0 Å². The van der Waals surface area contributed by atoms with E-state index in [2.05, 4.69) is 20.8 Å². The lowest BCUT2D eigenvalue weighted by atomic mass is 9.70. The Morgan fingerprint density at radius 1 is 1.25 bits per heavy atom. The van der Waals surface area contributed by atoms with Gasteiger partial charge in [-0.3, -0.25) is 0 Å². The molecule has 2 bridgehead atoms. The topological polar surface area (TPSA) is 20.2 Å². The number of hydrogen-bond acceptors (Lipinski definition) is 1. The van der Waals surface area contributed by atoms with Crippen LogP contribution in [0.2, 0.25) is 0 Å². The van der Waals surface area contributed by atoms with Gasteiger partial charge in [0.25, 0.3) is 0 Å². The number of alkyl halides is 1. The normalized spacial score (nSPS) is 56.2. The molecule has 2 heteroatoms. The molecule has 2 fully saturated rings. The molecule has 0 aromatic heterocycles. The Balaban J connectivity index is 2.49. The molecular formula is C10H17ClO. The average Bonchev–Trinajstić information content (AvgIpc) is 2.18. The summed E-state index contributed by atoms with van der Waals surface area (Å²) in [5.74, 6) is 0. The van der Waals surface area contributed by atoms with Gasteiger partial charge >= 0.3 is 0 Å². The van der Waals surface area contributed by atoms with E-state index in [1.165, 1.54) is 0 Å². The van der Waals surface area contributed by atoms with E-state index in [9.17, 15) is 5.11 Å². The number of rotatable bonds is 0. The van der Waals surface area contributed by atoms with Crippen molar-refractivity contribution in [2.75, 3.05) is 0 Å². The van der Waals surface area contributed by atoms with Crippen LogP contribution in [0.3, 0.4) is 0 Å². The van der Waals surface area contributed by atoms with Crippen molar-refractivity contribution in [3.05, 3.63) is 0 Å². The fraction of sp³-hybridized carbons (Fsp3) is 1.00. The molecule has 70 valence electrons. The Morgan fingerprint density at radius 2 is 1.83 bits per heavy atom. The highest BCUT2D eigenvalue weighted by Gasteiger charge is 2.68. The number of aliphatic hydroxyl groups is 1. The minimum atomic E-state index is -0.196. The fourth-order valence-corrected chi connectivity index (χ4v) is 3.52. The molecule has 0 heterocycles. The van der Waals surface area contributed by atoms with E-state index in [4.69, 9.17) is 11.6 Å². The van der Waals surface area contributed by atoms with Crippen LogP contribution < -0.4 is 0 Å². The van der Waals surface area contributed by atoms with Gasteiger partial charge in [0, 0.05) is 5.41 Å². The zero-order valence-corrected chi connectivity index (χ0v) is 8.78. The second-order valence-electron chi connectivity index (χ2n) is 5.23. The van der Waals surface area contributed by atoms with Crippen LogP contribution in [-0.4, -0.2) is 16.1 Å². The summed E-state index contributed by atoms with van der Waals surface area (Å²) in [6.45, 7) is 6.57. The van der Waals surface area contributed by atoms with E-state index < -0.39 is 0 Å². The molecule has 0 aromatic carbocycles. The van der Waals surface area contributed by atoms with Crippen molar-refractivity contribution in [1.29, 1.82) is 0 Å². The third kappa shape index (κ3) is 0.667. The molecule has 2 saturated carbocycles. The first-order chi connectivity index (χ1) is 5.33. The van der Waals surface area contributed by atoms with Gasteiger partial charge < -0.3 is 5.11 Å². The Kier molecular flexibility index (Phi) is 1.48. The first-order valence-corrected chi connectivity index (χ1v) is 5.08. The molecular weight excluding hydrogens is 172 g/mol. The smallest absolute Gasteiger partial charge is 0.0616 e. The molecule has 0 unspecified atom stereocenters. The third-order valence-corrected chi connectivity index (χ3v) is 5.66. The Labute approximate surface area is 79.1 Å². The highest BCUT2D eigenvalue weighted by molar-refractivity contribution is 6.25. The predicted octanol–water partition coefficient (Wildman–Crippen LogP) is 2.55. The zero-order chi connectivity index (χ0) is 9.20. The first-order valence-electron chi connectivity index (χ1n) is 4.70. The Morgan fingerprint density at radius 3 is 2.00 bits per heavy atom. The monoisotopic (exact) mass is 188 g/mol. The summed E-state index contributed by atoms with van der Waals surface area (Å²) in [6.07, 6.45) is 2.72. The van der Waals surface area contributed by atoms with Crippen molar-refractivity contribution >= 4 is 11.6 Å². The van der Waals surface area contributed by atoms with Crippen molar-refractivity contribution in [2.24, 2.45) is 10.8 Å². The minimum Gasteiger partial charge on any atom is -0.392 e. The molecule has 12 heavy (non-hydrogen) atoms. The molecule has 1 nitrogen and oxygen atoms in total. The Bertz CT molecular complexity index is 223. The number of halogens is 1. The van der Waals surface area contributed by atoms with Gasteiger partial charge in [0.1, 0.15) is 0 Å². The van der Waals surface area contributed by atoms with Crippen LogP contribution in [0.1, 0.15) is 40.0 Å². The van der Waals surface area contributed by atoms with E-state index in [1.54, 1.807) is 0 Å². The van der Waals surface area contributed by atoms with E-state index in [1.807, 2.05) is 0 Å². The maximum absolute atomic E-state index is 9.90. The van der Waals surface area contributed by atoms with Gasteiger partial charge in [0.05, 0.1) is 11.0 Å². The zero-order valence-electron chi connectivity index (χ0n) is 8.02. The molecule has 1 N–H and O–H groups in total. The van der Waals surface area contributed by atoms with Gasteiger partial charge in [0.15, 0.2) is 0 Å². The first kappa shape index (κ1) is 8.83. The summed E-state index contributed by atoms with van der Waals surface area (Å²) in [6, 6.07) is 0. The van der Waals surface area contributed by atoms with E-state index in [0.717, 1.165) is 19.3 Å². The van der Waals surface area contributed by atoms with E-state index in [-0.39, 0.29) is 21.8 Å². The lowest BCUT2D eigenvalue weighted by molar-refractivity contribution is 0.0128. The summed E-state index contributed by atoms with van der Waals surface area (Å²) < 4.78 is 0. The van der Waals surface area contributed by atoms with Crippen LogP contribution in [0.4, 0.5) is 0 Å².